The van der Waals surface area contributed by atoms with Crippen molar-refractivity contribution in [2.75, 3.05) is 0 Å². The maximum absolute atomic E-state index is 14.2. The van der Waals surface area contributed by atoms with Gasteiger partial charge in [-0.05, 0) is 0 Å². The van der Waals surface area contributed by atoms with Crippen LogP contribution in [0.5, 0.6) is 0 Å². The van der Waals surface area contributed by atoms with Crippen LogP contribution in [0.25, 0.3) is 0 Å². The Balaban J connectivity index is 7.35. The first-order valence-electron chi connectivity index (χ1n) is 7.00. The number of hydrogen-bond acceptors (Lipinski definition) is 2. The highest BCUT2D eigenvalue weighted by Gasteiger charge is 2.97. The lowest BCUT2D eigenvalue weighted by Crippen LogP contribution is -2.77. The molecule has 0 amide bonds. The number of ether oxygens (including phenoxy) is 1. The number of alkyl halides is 19. The molecule has 0 aliphatic heterocycles. The van der Waals surface area contributed by atoms with Crippen LogP contribution in [-0.4, -0.2) is 59.7 Å². The number of esters is 1. The first-order chi connectivity index (χ1) is 14.3. The quantitative estimate of drug-likeness (QED) is 0.179. The van der Waals surface area contributed by atoms with Crippen LogP contribution >= 0.6 is 11.6 Å². The monoisotopic (exact) mass is 574 g/mol. The van der Waals surface area contributed by atoms with Gasteiger partial charge in [0.15, 0.2) is 0 Å². The summed E-state index contributed by atoms with van der Waals surface area (Å²) in [5, 5.41) is -2.21. The molecule has 1 unspecified atom stereocenters. The minimum atomic E-state index is -9.02. The Kier molecular flexibility index (Phi) is 7.67. The van der Waals surface area contributed by atoms with Gasteiger partial charge in [0.2, 0.25) is 0 Å². The summed E-state index contributed by atoms with van der Waals surface area (Å²) in [4.78, 5) is 10.9. The fourth-order valence-electron chi connectivity index (χ4n) is 1.66. The van der Waals surface area contributed by atoms with Crippen LogP contribution in [0.4, 0.5) is 83.4 Å². The average Bonchev–Trinajstić information content (AvgIpc) is 2.58. The van der Waals surface area contributed by atoms with Crippen LogP contribution in [-0.2, 0) is 9.53 Å². The number of carbonyl (C=O) groups is 1. The molecule has 0 N–H and O–H groups in total. The van der Waals surface area contributed by atoms with Crippen molar-refractivity contribution in [2.24, 2.45) is 0 Å². The summed E-state index contributed by atoms with van der Waals surface area (Å²) in [7, 11) is 0. The zero-order valence-electron chi connectivity index (χ0n) is 14.6. The molecule has 0 aromatic carbocycles. The molecule has 0 spiro atoms. The summed E-state index contributed by atoms with van der Waals surface area (Å²) >= 11 is 4.45. The van der Waals surface area contributed by atoms with Crippen molar-refractivity contribution >= 4 is 17.6 Å². The molecular formula is C12H2ClF19O2. The molecular weight excluding hydrogens is 573 g/mol. The number of halogens is 20. The molecule has 1 atom stereocenters. The molecule has 0 bridgehead atoms. The van der Waals surface area contributed by atoms with Crippen molar-refractivity contribution in [1.82, 2.24) is 0 Å². The third kappa shape index (κ3) is 4.10. The molecule has 22 heteroatoms. The summed E-state index contributed by atoms with van der Waals surface area (Å²) < 4.78 is 249. The van der Waals surface area contributed by atoms with Crippen LogP contribution in [0.2, 0.25) is 0 Å². The van der Waals surface area contributed by atoms with Crippen LogP contribution in [0.1, 0.15) is 0 Å². The van der Waals surface area contributed by atoms with Gasteiger partial charge in [-0.3, -0.25) is 0 Å². The first-order valence-corrected chi connectivity index (χ1v) is 7.37. The average molecular weight is 575 g/mol. The van der Waals surface area contributed by atoms with E-state index in [2.05, 4.69) is 16.3 Å². The molecule has 0 aliphatic carbocycles. The fourth-order valence-corrected chi connectivity index (χ4v) is 1.70. The van der Waals surface area contributed by atoms with E-state index >= 15 is 0 Å². The van der Waals surface area contributed by atoms with E-state index in [4.69, 9.17) is 0 Å². The summed E-state index contributed by atoms with van der Waals surface area (Å²) in [6, 6.07) is 0. The fraction of sp³-hybridized carbons (Fsp3) is 0.750. The second-order valence-electron chi connectivity index (χ2n) is 5.83. The zero-order valence-corrected chi connectivity index (χ0v) is 15.3. The molecule has 0 aromatic rings. The standard InChI is InChI=1S/C12H2ClF19O2/c1-2(13)3(33)34-10(26,9(24,25)12(30,31)32)7(20,21)5(16,17)4(14,15)6(18,19)8(22,23)11(27,28)29/h1H2. The van der Waals surface area contributed by atoms with Crippen molar-refractivity contribution in [3.8, 4) is 0 Å². The molecule has 0 heterocycles. The van der Waals surface area contributed by atoms with Crippen LogP contribution < -0.4 is 0 Å². The highest BCUT2D eigenvalue weighted by Crippen LogP contribution is 2.65. The zero-order chi connectivity index (χ0) is 28.4. The molecule has 2 nitrogen and oxygen atoms in total. The highest BCUT2D eigenvalue weighted by molar-refractivity contribution is 6.40. The largest absolute Gasteiger partial charge is 0.461 e. The molecule has 202 valence electrons. The van der Waals surface area contributed by atoms with Gasteiger partial charge in [0.1, 0.15) is 5.03 Å². The molecule has 0 aromatic heterocycles. The predicted octanol–water partition coefficient (Wildman–Crippen LogP) is 6.88. The van der Waals surface area contributed by atoms with Gasteiger partial charge in [0.05, 0.1) is 0 Å². The highest BCUT2D eigenvalue weighted by atomic mass is 35.5. The van der Waals surface area contributed by atoms with Crippen molar-refractivity contribution in [3.63, 3.8) is 0 Å². The Morgan fingerprint density at radius 2 is 0.765 bits per heavy atom. The van der Waals surface area contributed by atoms with Gasteiger partial charge in [-0.2, -0.15) is 83.4 Å². The summed E-state index contributed by atoms with van der Waals surface area (Å²) in [5.41, 5.74) is 0. The molecule has 0 rings (SSSR count). The van der Waals surface area contributed by atoms with E-state index in [1.165, 1.54) is 0 Å². The molecule has 0 aliphatic rings. The number of carbonyl (C=O) groups excluding carboxylic acids is 1. The second kappa shape index (κ2) is 8.10. The van der Waals surface area contributed by atoms with E-state index in [0.717, 1.165) is 0 Å². The normalized spacial score (nSPS) is 17.3. The second-order valence-corrected chi connectivity index (χ2v) is 6.29. The summed E-state index contributed by atoms with van der Waals surface area (Å²) in [5.74, 6) is -64.0. The van der Waals surface area contributed by atoms with Crippen molar-refractivity contribution in [3.05, 3.63) is 11.6 Å². The Hall–Kier alpha value is -1.83. The van der Waals surface area contributed by atoms with E-state index in [9.17, 15) is 88.2 Å². The van der Waals surface area contributed by atoms with E-state index < -0.39 is 64.7 Å². The summed E-state index contributed by atoms with van der Waals surface area (Å²) in [6.07, 6.45) is -15.9. The van der Waals surface area contributed by atoms with Gasteiger partial charge in [-0.25, -0.2) is 4.79 Å². The van der Waals surface area contributed by atoms with Gasteiger partial charge in [-0.15, -0.1) is 0 Å². The van der Waals surface area contributed by atoms with Crippen molar-refractivity contribution in [2.45, 2.75) is 53.7 Å². The number of hydrogen-bond donors (Lipinski definition) is 0. The molecule has 0 radical (unpaired) electrons. The maximum atomic E-state index is 14.2. The third-order valence-electron chi connectivity index (χ3n) is 3.55. The minimum absolute atomic E-state index is 2.05. The third-order valence-corrected chi connectivity index (χ3v) is 3.71. The topological polar surface area (TPSA) is 26.3 Å². The van der Waals surface area contributed by atoms with Gasteiger partial charge in [0.25, 0.3) is 0 Å². The van der Waals surface area contributed by atoms with Gasteiger partial charge in [0, 0.05) is 0 Å². The minimum Gasteiger partial charge on any atom is -0.412 e. The van der Waals surface area contributed by atoms with E-state index in [-0.39, 0.29) is 0 Å². The number of rotatable bonds is 8. The van der Waals surface area contributed by atoms with Gasteiger partial charge in [-0.1, -0.05) is 18.2 Å². The molecule has 34 heavy (non-hydrogen) atoms. The van der Waals surface area contributed by atoms with Crippen LogP contribution in [0, 0.1) is 0 Å². The predicted molar refractivity (Wildman–Crippen MR) is 66.7 cm³/mol. The Bertz CT molecular complexity index is 809. The Morgan fingerprint density at radius 1 is 0.500 bits per heavy atom. The smallest absolute Gasteiger partial charge is 0.412 e. The van der Waals surface area contributed by atoms with Gasteiger partial charge < -0.3 is 4.74 Å². The lowest BCUT2D eigenvalue weighted by Gasteiger charge is -2.44. The van der Waals surface area contributed by atoms with Crippen molar-refractivity contribution in [1.29, 1.82) is 0 Å². The van der Waals surface area contributed by atoms with Crippen LogP contribution in [0.3, 0.4) is 0 Å². The lowest BCUT2D eigenvalue weighted by atomic mass is 9.88. The Labute approximate surface area is 177 Å². The van der Waals surface area contributed by atoms with Crippen molar-refractivity contribution < 1.29 is 92.9 Å². The Morgan fingerprint density at radius 3 is 1.03 bits per heavy atom. The SMILES string of the molecule is C=C(Cl)C(=O)OC(F)(C(F)(F)C(F)(F)F)C(F)(F)C(F)(F)C(F)(F)C(F)(F)C(F)(F)C(F)(F)F. The van der Waals surface area contributed by atoms with E-state index in [1.807, 2.05) is 6.58 Å². The lowest BCUT2D eigenvalue weighted by molar-refractivity contribution is -0.483. The van der Waals surface area contributed by atoms with Crippen LogP contribution in [0.15, 0.2) is 11.6 Å². The molecule has 0 saturated carbocycles. The van der Waals surface area contributed by atoms with Gasteiger partial charge >= 0.3 is 59.7 Å². The summed E-state index contributed by atoms with van der Waals surface area (Å²) in [6.45, 7) is 2.05. The van der Waals surface area contributed by atoms with E-state index in [0.29, 0.717) is 0 Å². The van der Waals surface area contributed by atoms with E-state index in [1.54, 1.807) is 0 Å². The maximum Gasteiger partial charge on any atom is 0.461 e. The molecule has 0 saturated heterocycles. The molecule has 0 fully saturated rings. The first kappa shape index (κ1) is 32.2.